The van der Waals surface area contributed by atoms with Crippen LogP contribution in [-0.4, -0.2) is 39.2 Å². The molecule has 1 saturated heterocycles. The van der Waals surface area contributed by atoms with Crippen molar-refractivity contribution >= 4 is 40.2 Å². The van der Waals surface area contributed by atoms with Gasteiger partial charge in [0.15, 0.2) is 5.16 Å². The molecule has 0 atom stereocenters. The molecule has 5 nitrogen and oxygen atoms in total. The van der Waals surface area contributed by atoms with Gasteiger partial charge in [0, 0.05) is 24.2 Å². The Morgan fingerprint density at radius 1 is 1.11 bits per heavy atom. The van der Waals surface area contributed by atoms with Gasteiger partial charge >= 0.3 is 0 Å². The molecule has 28 heavy (non-hydrogen) atoms. The van der Waals surface area contributed by atoms with Crippen LogP contribution in [0.15, 0.2) is 28.2 Å². The first-order chi connectivity index (χ1) is 13.6. The van der Waals surface area contributed by atoms with Gasteiger partial charge in [0.1, 0.15) is 0 Å². The van der Waals surface area contributed by atoms with Crippen molar-refractivity contribution in [3.63, 3.8) is 0 Å². The number of hydrogen-bond acceptors (Lipinski definition) is 4. The molecule has 0 spiro atoms. The van der Waals surface area contributed by atoms with Crippen molar-refractivity contribution in [1.29, 1.82) is 0 Å². The van der Waals surface area contributed by atoms with Crippen LogP contribution in [0.3, 0.4) is 0 Å². The van der Waals surface area contributed by atoms with Gasteiger partial charge in [0.2, 0.25) is 5.91 Å². The number of carbonyl (C=O) groups excluding carboxylic acids is 1. The van der Waals surface area contributed by atoms with E-state index in [2.05, 4.69) is 0 Å². The van der Waals surface area contributed by atoms with Crippen LogP contribution in [0, 0.1) is 0 Å². The number of benzene rings is 1. The number of thioether (sulfide) groups is 1. The summed E-state index contributed by atoms with van der Waals surface area (Å²) in [6.07, 6.45) is 8.83. The van der Waals surface area contributed by atoms with Crippen LogP contribution < -0.4 is 5.56 Å². The normalized spacial score (nSPS) is 18.5. The smallest absolute Gasteiger partial charge is 0.262 e. The fourth-order valence-electron chi connectivity index (χ4n) is 4.28. The third kappa shape index (κ3) is 4.23. The van der Waals surface area contributed by atoms with Crippen molar-refractivity contribution in [2.75, 3.05) is 18.8 Å². The highest BCUT2D eigenvalue weighted by Gasteiger charge is 2.23. The summed E-state index contributed by atoms with van der Waals surface area (Å²) >= 11 is 7.52. The van der Waals surface area contributed by atoms with Crippen LogP contribution in [0.4, 0.5) is 0 Å². The molecule has 2 aliphatic rings. The molecule has 0 bridgehead atoms. The number of rotatable bonds is 4. The molecular formula is C21H26ClN3O2S. The van der Waals surface area contributed by atoms with E-state index in [4.69, 9.17) is 16.6 Å². The zero-order chi connectivity index (χ0) is 19.5. The Hall–Kier alpha value is -1.53. The first kappa shape index (κ1) is 19.8. The Bertz CT molecular complexity index is 918. The Kier molecular flexibility index (Phi) is 6.26. The summed E-state index contributed by atoms with van der Waals surface area (Å²) in [4.78, 5) is 32.6. The average Bonchev–Trinajstić information content (AvgIpc) is 2.73. The van der Waals surface area contributed by atoms with E-state index in [1.165, 1.54) is 24.6 Å². The average molecular weight is 420 g/mol. The van der Waals surface area contributed by atoms with E-state index in [9.17, 15) is 9.59 Å². The van der Waals surface area contributed by atoms with Gasteiger partial charge in [0.25, 0.3) is 5.56 Å². The van der Waals surface area contributed by atoms with Crippen molar-refractivity contribution in [2.45, 2.75) is 62.6 Å². The standard InChI is InChI=1S/C21H26ClN3O2S/c22-15-9-10-17-18(13-15)23-21(25(20(17)27)16-7-3-1-4-8-16)28-14-19(26)24-11-5-2-6-12-24/h9-10,13,16H,1-8,11-12,14H2. The molecule has 1 aromatic carbocycles. The van der Waals surface area contributed by atoms with E-state index >= 15 is 0 Å². The predicted octanol–water partition coefficient (Wildman–Crippen LogP) is 4.66. The van der Waals surface area contributed by atoms with E-state index in [-0.39, 0.29) is 17.5 Å². The Balaban J connectivity index is 1.66. The molecule has 1 aromatic heterocycles. The van der Waals surface area contributed by atoms with Gasteiger partial charge in [-0.2, -0.15) is 0 Å². The van der Waals surface area contributed by atoms with Crippen molar-refractivity contribution in [3.05, 3.63) is 33.6 Å². The number of carbonyl (C=O) groups is 1. The Labute approximate surface area is 174 Å². The van der Waals surface area contributed by atoms with Crippen LogP contribution in [0.25, 0.3) is 10.9 Å². The highest BCUT2D eigenvalue weighted by molar-refractivity contribution is 7.99. The van der Waals surface area contributed by atoms with Gasteiger partial charge in [-0.05, 0) is 50.3 Å². The lowest BCUT2D eigenvalue weighted by atomic mass is 9.95. The number of likely N-dealkylation sites (tertiary alicyclic amines) is 1. The molecule has 0 radical (unpaired) electrons. The molecular weight excluding hydrogens is 394 g/mol. The lowest BCUT2D eigenvalue weighted by Gasteiger charge is -2.28. The molecule has 2 heterocycles. The first-order valence-electron chi connectivity index (χ1n) is 10.3. The number of piperidine rings is 1. The van der Waals surface area contributed by atoms with Crippen molar-refractivity contribution < 1.29 is 4.79 Å². The molecule has 1 aliphatic carbocycles. The summed E-state index contributed by atoms with van der Waals surface area (Å²) in [5, 5.41) is 1.81. The molecule has 2 aromatic rings. The van der Waals surface area contributed by atoms with Crippen molar-refractivity contribution in [1.82, 2.24) is 14.5 Å². The summed E-state index contributed by atoms with van der Waals surface area (Å²) in [7, 11) is 0. The zero-order valence-corrected chi connectivity index (χ0v) is 17.6. The maximum absolute atomic E-state index is 13.3. The number of aromatic nitrogens is 2. The maximum Gasteiger partial charge on any atom is 0.262 e. The third-order valence-corrected chi connectivity index (χ3v) is 6.98. The number of halogens is 1. The van der Waals surface area contributed by atoms with Gasteiger partial charge in [-0.25, -0.2) is 4.98 Å². The summed E-state index contributed by atoms with van der Waals surface area (Å²) < 4.78 is 1.85. The minimum atomic E-state index is -0.0125. The molecule has 1 amide bonds. The fourth-order valence-corrected chi connectivity index (χ4v) is 5.41. The van der Waals surface area contributed by atoms with E-state index in [0.717, 1.165) is 51.6 Å². The number of amides is 1. The summed E-state index contributed by atoms with van der Waals surface area (Å²) in [5.41, 5.74) is 0.596. The fraction of sp³-hybridized carbons (Fsp3) is 0.571. The lowest BCUT2D eigenvalue weighted by molar-refractivity contribution is -0.129. The van der Waals surface area contributed by atoms with E-state index < -0.39 is 0 Å². The van der Waals surface area contributed by atoms with Gasteiger partial charge < -0.3 is 4.90 Å². The highest BCUT2D eigenvalue weighted by Crippen LogP contribution is 2.31. The van der Waals surface area contributed by atoms with E-state index in [1.54, 1.807) is 18.2 Å². The van der Waals surface area contributed by atoms with Gasteiger partial charge in [-0.1, -0.05) is 42.6 Å². The Morgan fingerprint density at radius 3 is 2.57 bits per heavy atom. The van der Waals surface area contributed by atoms with Crippen LogP contribution in [0.5, 0.6) is 0 Å². The Morgan fingerprint density at radius 2 is 1.82 bits per heavy atom. The van der Waals surface area contributed by atoms with Crippen molar-refractivity contribution in [3.8, 4) is 0 Å². The molecule has 150 valence electrons. The molecule has 7 heteroatoms. The summed E-state index contributed by atoms with van der Waals surface area (Å²) in [6.45, 7) is 1.69. The van der Waals surface area contributed by atoms with E-state index in [0.29, 0.717) is 26.8 Å². The summed E-state index contributed by atoms with van der Waals surface area (Å²) in [6, 6.07) is 5.41. The van der Waals surface area contributed by atoms with E-state index in [1.807, 2.05) is 9.47 Å². The van der Waals surface area contributed by atoms with Crippen molar-refractivity contribution in [2.24, 2.45) is 0 Å². The second kappa shape index (κ2) is 8.87. The quantitative estimate of drug-likeness (QED) is 0.534. The lowest BCUT2D eigenvalue weighted by Crippen LogP contribution is -2.37. The van der Waals surface area contributed by atoms with Crippen LogP contribution in [0.2, 0.25) is 5.02 Å². The van der Waals surface area contributed by atoms with Crippen LogP contribution in [0.1, 0.15) is 57.4 Å². The second-order valence-electron chi connectivity index (χ2n) is 7.75. The minimum absolute atomic E-state index is 0.0125. The number of fused-ring (bicyclic) bond motifs is 1. The molecule has 4 rings (SSSR count). The highest BCUT2D eigenvalue weighted by atomic mass is 35.5. The number of hydrogen-bond donors (Lipinski definition) is 0. The van der Waals surface area contributed by atoms with Gasteiger partial charge in [0.05, 0.1) is 16.7 Å². The predicted molar refractivity (Wildman–Crippen MR) is 114 cm³/mol. The number of nitrogens with zero attached hydrogens (tertiary/aromatic N) is 3. The minimum Gasteiger partial charge on any atom is -0.342 e. The maximum atomic E-state index is 13.3. The van der Waals surface area contributed by atoms with Crippen LogP contribution >= 0.6 is 23.4 Å². The molecule has 1 saturated carbocycles. The topological polar surface area (TPSA) is 55.2 Å². The zero-order valence-electron chi connectivity index (χ0n) is 16.0. The van der Waals surface area contributed by atoms with Crippen LogP contribution in [-0.2, 0) is 4.79 Å². The second-order valence-corrected chi connectivity index (χ2v) is 9.13. The largest absolute Gasteiger partial charge is 0.342 e. The third-order valence-electron chi connectivity index (χ3n) is 5.80. The SMILES string of the molecule is O=C(CSc1nc2cc(Cl)ccc2c(=O)n1C1CCCCC1)N1CCCCC1. The first-order valence-corrected chi connectivity index (χ1v) is 11.6. The monoisotopic (exact) mass is 419 g/mol. The van der Waals surface area contributed by atoms with Gasteiger partial charge in [-0.3, -0.25) is 14.2 Å². The molecule has 1 aliphatic heterocycles. The molecule has 0 unspecified atom stereocenters. The molecule has 0 N–H and O–H groups in total. The van der Waals surface area contributed by atoms with Gasteiger partial charge in [-0.15, -0.1) is 0 Å². The molecule has 2 fully saturated rings. The summed E-state index contributed by atoms with van der Waals surface area (Å²) in [5.74, 6) is 0.464.